The number of hydrogen-bond acceptors (Lipinski definition) is 9. The minimum atomic E-state index is -1.00. The van der Waals surface area contributed by atoms with Crippen molar-refractivity contribution >= 4 is 23.6 Å². The maximum absolute atomic E-state index is 13.5. The number of carbonyl (C=O) groups excluding carboxylic acids is 4. The van der Waals surface area contributed by atoms with Gasteiger partial charge in [0.25, 0.3) is 5.91 Å². The number of rotatable bonds is 4. The first-order valence-electron chi connectivity index (χ1n) is 13.4. The van der Waals surface area contributed by atoms with Gasteiger partial charge in [-0.2, -0.15) is 0 Å². The molecule has 0 aromatic heterocycles. The van der Waals surface area contributed by atoms with Gasteiger partial charge in [-0.3, -0.25) is 14.4 Å². The normalized spacial score (nSPS) is 32.5. The Morgan fingerprint density at radius 3 is 2.27 bits per heavy atom. The molecule has 1 aliphatic heterocycles. The Bertz CT molecular complexity index is 1190. The zero-order valence-corrected chi connectivity index (χ0v) is 25.0. The first-order chi connectivity index (χ1) is 19.3. The van der Waals surface area contributed by atoms with Gasteiger partial charge in [-0.05, 0) is 45.1 Å². The molecule has 0 fully saturated rings. The van der Waals surface area contributed by atoms with Crippen molar-refractivity contribution in [2.75, 3.05) is 21.3 Å². The van der Waals surface area contributed by atoms with Gasteiger partial charge in [-0.15, -0.1) is 0 Å². The number of aliphatic hydroxyl groups excluding tert-OH is 1. The van der Waals surface area contributed by atoms with Crippen molar-refractivity contribution in [3.05, 3.63) is 58.1 Å². The fourth-order valence-electron chi connectivity index (χ4n) is 4.99. The Hall–Kier alpha value is -3.54. The molecule has 0 spiro atoms. The summed E-state index contributed by atoms with van der Waals surface area (Å²) in [6.45, 7) is 8.40. The van der Waals surface area contributed by atoms with Gasteiger partial charge in [0, 0.05) is 36.9 Å². The van der Waals surface area contributed by atoms with Crippen LogP contribution in [-0.2, 0) is 33.3 Å². The third-order valence-electron chi connectivity index (χ3n) is 7.34. The molecule has 1 aliphatic carbocycles. The molecule has 2 rings (SSSR count). The van der Waals surface area contributed by atoms with E-state index in [0.717, 1.165) is 0 Å². The summed E-state index contributed by atoms with van der Waals surface area (Å²) in [4.78, 5) is 51.4. The molecule has 41 heavy (non-hydrogen) atoms. The summed E-state index contributed by atoms with van der Waals surface area (Å²) in [7, 11) is 4.23. The zero-order valence-electron chi connectivity index (χ0n) is 25.0. The fraction of sp³-hybridized carbons (Fsp3) is 0.533. The van der Waals surface area contributed by atoms with Gasteiger partial charge in [-0.1, -0.05) is 38.2 Å². The van der Waals surface area contributed by atoms with Crippen molar-refractivity contribution in [3.63, 3.8) is 0 Å². The maximum Gasteiger partial charge on any atom is 0.405 e. The molecule has 2 bridgehead atoms. The highest BCUT2D eigenvalue weighted by Crippen LogP contribution is 2.31. The minimum absolute atomic E-state index is 0.0639. The average molecular weight is 575 g/mol. The van der Waals surface area contributed by atoms with Crippen LogP contribution in [0.5, 0.6) is 0 Å². The second-order valence-corrected chi connectivity index (χ2v) is 10.5. The molecule has 2 amide bonds. The third-order valence-corrected chi connectivity index (χ3v) is 7.34. The van der Waals surface area contributed by atoms with Gasteiger partial charge in [0.1, 0.15) is 6.10 Å². The van der Waals surface area contributed by atoms with Crippen molar-refractivity contribution in [2.24, 2.45) is 17.6 Å². The first-order valence-corrected chi connectivity index (χ1v) is 13.4. The number of allylic oxidation sites excluding steroid dienone is 4. The summed E-state index contributed by atoms with van der Waals surface area (Å²) in [6.07, 6.45) is 2.58. The second kappa shape index (κ2) is 14.9. The smallest absolute Gasteiger partial charge is 0.405 e. The Kier molecular flexibility index (Phi) is 12.2. The second-order valence-electron chi connectivity index (χ2n) is 10.5. The highest BCUT2D eigenvalue weighted by Gasteiger charge is 2.36. The van der Waals surface area contributed by atoms with E-state index in [1.54, 1.807) is 39.0 Å². The number of ether oxygens (including phenoxy) is 4. The van der Waals surface area contributed by atoms with Gasteiger partial charge in [0.05, 0.1) is 25.0 Å². The molecule has 11 nitrogen and oxygen atoms in total. The maximum atomic E-state index is 13.5. The van der Waals surface area contributed by atoms with Crippen LogP contribution in [0.2, 0.25) is 0 Å². The average Bonchev–Trinajstić information content (AvgIpc) is 2.92. The molecule has 6 atom stereocenters. The number of methoxy groups -OCH3 is 3. The molecule has 11 heteroatoms. The standard InChI is InChI=1S/C30H42N2O9/c1-15-12-20-26(35)23(19(5)25(34)28(20)40-8)32-29(36)16(2)10-9-11-21(38-6)27(41-30(31)37)18(4)14-17(3)24(33)22(13-15)39-7/h9-11,14-15,17,21-22,24,27,33H,12-13H2,1-8H3,(H2,31,37)(H,32,36)/b11-9-,16-10+,18-14+/t15-,17+,21+,22+,24+,27+/m1/s1. The number of carbonyl (C=O) groups is 4. The van der Waals surface area contributed by atoms with Crippen LogP contribution in [0.25, 0.3) is 0 Å². The SMILES string of the molecule is COC1=C2C[C@@H](C)C[C@H](OC)[C@@H](O)[C@@H](C)/C=C(\C)[C@H](OC(N)=O)[C@@H](OC)/C=C\C=C(/C)C(=O)NC(=C(C)C1=O)C2=O. The summed E-state index contributed by atoms with van der Waals surface area (Å²) in [5.74, 6) is -2.31. The number of primary amides is 1. The molecule has 0 saturated carbocycles. The lowest BCUT2D eigenvalue weighted by Crippen LogP contribution is -2.37. The number of ketones is 2. The third kappa shape index (κ3) is 8.25. The number of fused-ring (bicyclic) bond motifs is 2. The number of nitrogens with two attached hydrogens (primary N) is 1. The van der Waals surface area contributed by atoms with Crippen LogP contribution < -0.4 is 11.1 Å². The quantitative estimate of drug-likeness (QED) is 0.338. The summed E-state index contributed by atoms with van der Waals surface area (Å²) in [5.41, 5.74) is 6.26. The van der Waals surface area contributed by atoms with Crippen molar-refractivity contribution in [1.29, 1.82) is 0 Å². The van der Waals surface area contributed by atoms with Crippen molar-refractivity contribution in [2.45, 2.75) is 71.9 Å². The van der Waals surface area contributed by atoms with Gasteiger partial charge in [-0.25, -0.2) is 4.79 Å². The van der Waals surface area contributed by atoms with Crippen LogP contribution in [0.15, 0.2) is 58.1 Å². The summed E-state index contributed by atoms with van der Waals surface area (Å²) >= 11 is 0. The number of Topliss-reactive ketones (excluding diaryl/α,β-unsaturated/α-hetero) is 2. The number of aliphatic hydroxyl groups is 1. The highest BCUT2D eigenvalue weighted by molar-refractivity contribution is 6.25. The van der Waals surface area contributed by atoms with E-state index in [2.05, 4.69) is 5.32 Å². The topological polar surface area (TPSA) is 163 Å². The Balaban J connectivity index is 2.65. The lowest BCUT2D eigenvalue weighted by Gasteiger charge is -2.30. The van der Waals surface area contributed by atoms with Crippen molar-refractivity contribution < 1.29 is 43.2 Å². The molecule has 4 N–H and O–H groups in total. The van der Waals surface area contributed by atoms with E-state index in [0.29, 0.717) is 12.0 Å². The molecule has 2 aliphatic rings. The monoisotopic (exact) mass is 574 g/mol. The van der Waals surface area contributed by atoms with Gasteiger partial charge >= 0.3 is 6.09 Å². The minimum Gasteiger partial charge on any atom is -0.492 e. The van der Waals surface area contributed by atoms with E-state index in [-0.39, 0.29) is 40.5 Å². The molecule has 0 aromatic carbocycles. The van der Waals surface area contributed by atoms with Crippen LogP contribution in [-0.4, -0.2) is 74.4 Å². The van der Waals surface area contributed by atoms with Gasteiger partial charge < -0.3 is 35.1 Å². The molecule has 0 saturated heterocycles. The van der Waals surface area contributed by atoms with E-state index in [9.17, 15) is 24.3 Å². The van der Waals surface area contributed by atoms with Crippen LogP contribution in [0.3, 0.4) is 0 Å². The van der Waals surface area contributed by atoms with E-state index in [1.807, 2.05) is 6.92 Å². The Labute approximate surface area is 241 Å². The molecule has 0 radical (unpaired) electrons. The van der Waals surface area contributed by atoms with E-state index in [1.165, 1.54) is 34.3 Å². The van der Waals surface area contributed by atoms with E-state index in [4.69, 9.17) is 24.7 Å². The lowest BCUT2D eigenvalue weighted by atomic mass is 9.84. The van der Waals surface area contributed by atoms with E-state index < -0.39 is 53.9 Å². The summed E-state index contributed by atoms with van der Waals surface area (Å²) < 4.78 is 21.9. The van der Waals surface area contributed by atoms with Gasteiger partial charge in [0.2, 0.25) is 11.6 Å². The van der Waals surface area contributed by atoms with Crippen molar-refractivity contribution in [1.82, 2.24) is 5.32 Å². The number of nitrogens with one attached hydrogen (secondary N) is 1. The number of amides is 2. The molecular formula is C30H42N2O9. The van der Waals surface area contributed by atoms with Crippen molar-refractivity contribution in [3.8, 4) is 0 Å². The van der Waals surface area contributed by atoms with Crippen LogP contribution in [0.4, 0.5) is 4.79 Å². The van der Waals surface area contributed by atoms with Crippen LogP contribution in [0.1, 0.15) is 47.5 Å². The molecule has 0 aromatic rings. The number of hydrogen-bond donors (Lipinski definition) is 3. The molecule has 1 heterocycles. The Morgan fingerprint density at radius 1 is 1.05 bits per heavy atom. The first kappa shape index (κ1) is 33.7. The summed E-state index contributed by atoms with van der Waals surface area (Å²) in [5, 5.41) is 13.8. The largest absolute Gasteiger partial charge is 0.492 e. The van der Waals surface area contributed by atoms with Crippen LogP contribution >= 0.6 is 0 Å². The van der Waals surface area contributed by atoms with E-state index >= 15 is 0 Å². The Morgan fingerprint density at radius 2 is 1.71 bits per heavy atom. The van der Waals surface area contributed by atoms with Gasteiger partial charge in [0.15, 0.2) is 11.9 Å². The predicted molar refractivity (Wildman–Crippen MR) is 151 cm³/mol. The molecular weight excluding hydrogens is 532 g/mol. The molecule has 226 valence electrons. The predicted octanol–water partition coefficient (Wildman–Crippen LogP) is 2.80. The summed E-state index contributed by atoms with van der Waals surface area (Å²) in [6, 6.07) is 0. The van der Waals surface area contributed by atoms with Crippen LogP contribution in [0, 0.1) is 11.8 Å². The fourth-order valence-corrected chi connectivity index (χ4v) is 4.99. The highest BCUT2D eigenvalue weighted by atomic mass is 16.6. The zero-order chi connectivity index (χ0) is 31.0. The lowest BCUT2D eigenvalue weighted by molar-refractivity contribution is -0.121. The molecule has 0 unspecified atom stereocenters.